The summed E-state index contributed by atoms with van der Waals surface area (Å²) in [6.07, 6.45) is -0.636. The summed E-state index contributed by atoms with van der Waals surface area (Å²) in [7, 11) is 0. The van der Waals surface area contributed by atoms with Crippen LogP contribution in [0.25, 0.3) is 10.8 Å². The average molecular weight is 530 g/mol. The lowest BCUT2D eigenvalue weighted by molar-refractivity contribution is -0.139. The third-order valence-electron chi connectivity index (χ3n) is 5.98. The van der Waals surface area contributed by atoms with Crippen molar-refractivity contribution in [2.75, 3.05) is 50.8 Å². The molecule has 1 heterocycles. The number of carboxylic acid groups (broad SMARTS) is 2. The predicted molar refractivity (Wildman–Crippen MR) is 136 cm³/mol. The van der Waals surface area contributed by atoms with E-state index in [1.54, 1.807) is 43.3 Å². The lowest BCUT2D eigenvalue weighted by atomic mass is 10.1. The van der Waals surface area contributed by atoms with Gasteiger partial charge in [-0.05, 0) is 43.0 Å². The molecule has 1 aliphatic heterocycles. The summed E-state index contributed by atoms with van der Waals surface area (Å²) in [5.74, 6) is -2.72. The van der Waals surface area contributed by atoms with Gasteiger partial charge in [0.1, 0.15) is 18.7 Å². The summed E-state index contributed by atoms with van der Waals surface area (Å²) in [5.41, 5.74) is 0.313. The number of hydrogen-bond donors (Lipinski definition) is 2. The highest BCUT2D eigenvalue weighted by atomic mass is 16.6. The number of nitrogens with zero attached hydrogens (tertiary/aromatic N) is 3. The zero-order valence-corrected chi connectivity index (χ0v) is 21.1. The number of carbonyl (C=O) groups excluding carboxylic acids is 3. The van der Waals surface area contributed by atoms with E-state index >= 15 is 0 Å². The molecular weight excluding hydrogens is 498 g/mol. The van der Waals surface area contributed by atoms with Gasteiger partial charge < -0.3 is 34.4 Å². The fourth-order valence-corrected chi connectivity index (χ4v) is 4.09. The van der Waals surface area contributed by atoms with Crippen LogP contribution >= 0.6 is 0 Å². The van der Waals surface area contributed by atoms with Crippen molar-refractivity contribution in [1.82, 2.24) is 9.80 Å². The van der Waals surface area contributed by atoms with E-state index in [4.69, 9.17) is 14.6 Å². The Bertz CT molecular complexity index is 1190. The maximum Gasteiger partial charge on any atom is 0.409 e. The van der Waals surface area contributed by atoms with Crippen molar-refractivity contribution in [3.05, 3.63) is 36.4 Å². The minimum Gasteiger partial charge on any atom is -0.493 e. The molecule has 2 aromatic carbocycles. The number of amides is 3. The van der Waals surface area contributed by atoms with Crippen LogP contribution in [-0.4, -0.2) is 95.8 Å². The van der Waals surface area contributed by atoms with Crippen molar-refractivity contribution in [2.24, 2.45) is 0 Å². The second-order valence-electron chi connectivity index (χ2n) is 8.62. The molecule has 0 aromatic heterocycles. The van der Waals surface area contributed by atoms with Gasteiger partial charge in [-0.15, -0.1) is 0 Å². The maximum atomic E-state index is 13.1. The number of ether oxygens (including phenoxy) is 2. The summed E-state index contributed by atoms with van der Waals surface area (Å²) < 4.78 is 10.7. The molecule has 0 radical (unpaired) electrons. The highest BCUT2D eigenvalue weighted by Gasteiger charge is 2.28. The summed E-state index contributed by atoms with van der Waals surface area (Å²) in [4.78, 5) is 64.0. The standard InChI is InChI=1S/C26H31N3O9/c1-2-37-26(36)28-12-10-27(11-13-28)22(30)16-23(31)29(17-25(34)35)19-8-9-20-18(15-19)5-3-6-21(20)38-14-4-7-24(32)33/h3,5-6,8-9,15H,2,4,7,10-14,16-17H2,1H3,(H,32,33)(H,34,35). The van der Waals surface area contributed by atoms with E-state index in [0.29, 0.717) is 28.6 Å². The smallest absolute Gasteiger partial charge is 0.409 e. The monoisotopic (exact) mass is 529 g/mol. The highest BCUT2D eigenvalue weighted by molar-refractivity contribution is 6.07. The molecule has 204 valence electrons. The molecule has 2 N–H and O–H groups in total. The Labute approximate surface area is 219 Å². The second-order valence-corrected chi connectivity index (χ2v) is 8.62. The number of aliphatic carboxylic acids is 2. The number of rotatable bonds is 11. The van der Waals surface area contributed by atoms with Gasteiger partial charge in [0.2, 0.25) is 11.8 Å². The van der Waals surface area contributed by atoms with Crippen LogP contribution in [0.5, 0.6) is 5.75 Å². The van der Waals surface area contributed by atoms with Gasteiger partial charge in [0.25, 0.3) is 0 Å². The second kappa shape index (κ2) is 13.3. The van der Waals surface area contributed by atoms with Crippen LogP contribution in [0.3, 0.4) is 0 Å². The Morgan fingerprint density at radius 2 is 1.66 bits per heavy atom. The number of piperazine rings is 1. The largest absolute Gasteiger partial charge is 0.493 e. The van der Waals surface area contributed by atoms with Crippen molar-refractivity contribution in [2.45, 2.75) is 26.2 Å². The van der Waals surface area contributed by atoms with Crippen LogP contribution < -0.4 is 9.64 Å². The van der Waals surface area contributed by atoms with E-state index in [-0.39, 0.29) is 45.8 Å². The van der Waals surface area contributed by atoms with Gasteiger partial charge in [0.15, 0.2) is 0 Å². The van der Waals surface area contributed by atoms with Crippen molar-refractivity contribution < 1.29 is 43.7 Å². The Morgan fingerprint density at radius 3 is 2.32 bits per heavy atom. The molecule has 0 unspecified atom stereocenters. The van der Waals surface area contributed by atoms with Gasteiger partial charge in [-0.1, -0.05) is 12.1 Å². The first kappa shape index (κ1) is 28.2. The molecule has 0 bridgehead atoms. The van der Waals surface area contributed by atoms with Gasteiger partial charge in [-0.3, -0.25) is 19.2 Å². The molecule has 0 atom stereocenters. The molecule has 1 aliphatic rings. The summed E-state index contributed by atoms with van der Waals surface area (Å²) in [5, 5.41) is 19.6. The summed E-state index contributed by atoms with van der Waals surface area (Å²) >= 11 is 0. The molecule has 1 fully saturated rings. The number of anilines is 1. The molecule has 1 saturated heterocycles. The molecule has 3 rings (SSSR count). The number of carboxylic acids is 2. The molecular formula is C26H31N3O9. The molecule has 12 heteroatoms. The van der Waals surface area contributed by atoms with Crippen LogP contribution in [0.2, 0.25) is 0 Å². The normalized spacial score (nSPS) is 13.2. The number of hydrogen-bond acceptors (Lipinski definition) is 7. The van der Waals surface area contributed by atoms with Crippen LogP contribution in [0.1, 0.15) is 26.2 Å². The fourth-order valence-electron chi connectivity index (χ4n) is 4.09. The van der Waals surface area contributed by atoms with Crippen LogP contribution in [-0.2, 0) is 23.9 Å². The van der Waals surface area contributed by atoms with Gasteiger partial charge in [0, 0.05) is 43.7 Å². The lowest BCUT2D eigenvalue weighted by Gasteiger charge is -2.34. The quantitative estimate of drug-likeness (QED) is 0.329. The minimum absolute atomic E-state index is 0.0129. The van der Waals surface area contributed by atoms with Crippen LogP contribution in [0, 0.1) is 0 Å². The Morgan fingerprint density at radius 1 is 0.947 bits per heavy atom. The molecule has 12 nitrogen and oxygen atoms in total. The highest BCUT2D eigenvalue weighted by Crippen LogP contribution is 2.30. The third kappa shape index (κ3) is 7.58. The molecule has 38 heavy (non-hydrogen) atoms. The SMILES string of the molecule is CCOC(=O)N1CCN(C(=O)CC(=O)N(CC(=O)O)c2ccc3c(OCCCC(=O)O)cccc3c2)CC1. The van der Waals surface area contributed by atoms with E-state index < -0.39 is 42.8 Å². The zero-order chi connectivity index (χ0) is 27.7. The van der Waals surface area contributed by atoms with Crippen molar-refractivity contribution in [1.29, 1.82) is 0 Å². The van der Waals surface area contributed by atoms with E-state index in [1.165, 1.54) is 9.80 Å². The zero-order valence-electron chi connectivity index (χ0n) is 21.1. The predicted octanol–water partition coefficient (Wildman–Crippen LogP) is 2.19. The first-order valence-corrected chi connectivity index (χ1v) is 12.3. The Kier molecular flexibility index (Phi) is 9.85. The van der Waals surface area contributed by atoms with Crippen molar-refractivity contribution >= 4 is 46.3 Å². The topological polar surface area (TPSA) is 154 Å². The molecule has 3 amide bonds. The van der Waals surface area contributed by atoms with Gasteiger partial charge >= 0.3 is 18.0 Å². The van der Waals surface area contributed by atoms with Crippen molar-refractivity contribution in [3.63, 3.8) is 0 Å². The fraction of sp³-hybridized carbons (Fsp3) is 0.423. The Balaban J connectivity index is 1.69. The molecule has 0 aliphatic carbocycles. The maximum absolute atomic E-state index is 13.1. The summed E-state index contributed by atoms with van der Waals surface area (Å²) in [6, 6.07) is 10.2. The van der Waals surface area contributed by atoms with E-state index in [2.05, 4.69) is 0 Å². The Hall–Kier alpha value is -4.35. The molecule has 2 aromatic rings. The van der Waals surface area contributed by atoms with Crippen LogP contribution in [0.15, 0.2) is 36.4 Å². The average Bonchev–Trinajstić information content (AvgIpc) is 2.89. The van der Waals surface area contributed by atoms with Gasteiger partial charge in [-0.25, -0.2) is 4.79 Å². The summed E-state index contributed by atoms with van der Waals surface area (Å²) in [6.45, 7) is 2.60. The van der Waals surface area contributed by atoms with E-state index in [0.717, 1.165) is 4.90 Å². The molecule has 0 saturated carbocycles. The number of benzene rings is 2. The van der Waals surface area contributed by atoms with Crippen LogP contribution in [0.4, 0.5) is 10.5 Å². The van der Waals surface area contributed by atoms with Gasteiger partial charge in [-0.2, -0.15) is 0 Å². The number of fused-ring (bicyclic) bond motifs is 1. The van der Waals surface area contributed by atoms with E-state index in [9.17, 15) is 29.1 Å². The van der Waals surface area contributed by atoms with E-state index in [1.807, 2.05) is 0 Å². The third-order valence-corrected chi connectivity index (χ3v) is 5.98. The number of carbonyl (C=O) groups is 5. The first-order valence-electron chi connectivity index (χ1n) is 12.3. The van der Waals surface area contributed by atoms with Gasteiger partial charge in [0.05, 0.1) is 13.2 Å². The lowest BCUT2D eigenvalue weighted by Crippen LogP contribution is -2.51. The first-order chi connectivity index (χ1) is 18.2. The molecule has 0 spiro atoms. The minimum atomic E-state index is -1.23. The van der Waals surface area contributed by atoms with Crippen molar-refractivity contribution in [3.8, 4) is 5.75 Å².